The number of amides is 1. The third-order valence-electron chi connectivity index (χ3n) is 5.14. The maximum Gasteiger partial charge on any atom is 0.257 e. The number of carbonyl (C=O) groups is 1. The second-order valence-corrected chi connectivity index (χ2v) is 8.28. The van der Waals surface area contributed by atoms with Gasteiger partial charge in [-0.1, -0.05) is 67.1 Å². The summed E-state index contributed by atoms with van der Waals surface area (Å²) in [6.07, 6.45) is 0.976. The summed E-state index contributed by atoms with van der Waals surface area (Å²) >= 11 is 1.43. The number of rotatable bonds is 7. The predicted molar refractivity (Wildman–Crippen MR) is 130 cm³/mol. The predicted octanol–water partition coefficient (Wildman–Crippen LogP) is 6.55. The molecule has 1 heterocycles. The Hall–Kier alpha value is -3.44. The molecule has 0 bridgehead atoms. The SMILES string of the molecule is CCc1ccccc1NCc1cccc(C(=O)Nc2nc(-c3ccc(C)cc3)cs2)c1. The smallest absolute Gasteiger partial charge is 0.257 e. The molecule has 1 amide bonds. The number of nitrogens with zero attached hydrogens (tertiary/aromatic N) is 1. The maximum absolute atomic E-state index is 12.8. The van der Waals surface area contributed by atoms with Crippen molar-refractivity contribution in [3.8, 4) is 11.3 Å². The Bertz CT molecular complexity index is 1180. The average Bonchev–Trinajstić information content (AvgIpc) is 3.27. The quantitative estimate of drug-likeness (QED) is 0.352. The van der Waals surface area contributed by atoms with Gasteiger partial charge in [-0.3, -0.25) is 10.1 Å². The fourth-order valence-electron chi connectivity index (χ4n) is 3.38. The molecule has 4 nitrogen and oxygen atoms in total. The van der Waals surface area contributed by atoms with Crippen LogP contribution in [0.4, 0.5) is 10.8 Å². The molecule has 0 fully saturated rings. The van der Waals surface area contributed by atoms with E-state index in [1.807, 2.05) is 47.8 Å². The van der Waals surface area contributed by atoms with Gasteiger partial charge in [-0.15, -0.1) is 11.3 Å². The number of anilines is 2. The van der Waals surface area contributed by atoms with Gasteiger partial charge < -0.3 is 5.32 Å². The van der Waals surface area contributed by atoms with Crippen LogP contribution >= 0.6 is 11.3 Å². The highest BCUT2D eigenvalue weighted by Crippen LogP contribution is 2.25. The number of hydrogen-bond acceptors (Lipinski definition) is 4. The van der Waals surface area contributed by atoms with Crippen molar-refractivity contribution < 1.29 is 4.79 Å². The lowest BCUT2D eigenvalue weighted by Gasteiger charge is -2.11. The Morgan fingerprint density at radius 2 is 1.81 bits per heavy atom. The minimum absolute atomic E-state index is 0.152. The van der Waals surface area contributed by atoms with Gasteiger partial charge in [-0.05, 0) is 42.7 Å². The van der Waals surface area contributed by atoms with Crippen molar-refractivity contribution in [1.29, 1.82) is 0 Å². The Morgan fingerprint density at radius 3 is 2.61 bits per heavy atom. The van der Waals surface area contributed by atoms with Crippen molar-refractivity contribution in [3.05, 3.63) is 100 Å². The van der Waals surface area contributed by atoms with Crippen LogP contribution in [-0.4, -0.2) is 10.9 Å². The van der Waals surface area contributed by atoms with E-state index >= 15 is 0 Å². The van der Waals surface area contributed by atoms with E-state index in [9.17, 15) is 4.79 Å². The van der Waals surface area contributed by atoms with Crippen LogP contribution in [0.1, 0.15) is 34.0 Å². The van der Waals surface area contributed by atoms with Crippen LogP contribution in [-0.2, 0) is 13.0 Å². The number of para-hydroxylation sites is 1. The third-order valence-corrected chi connectivity index (χ3v) is 5.90. The van der Waals surface area contributed by atoms with E-state index in [1.54, 1.807) is 0 Å². The van der Waals surface area contributed by atoms with E-state index in [0.717, 1.165) is 28.9 Å². The van der Waals surface area contributed by atoms with E-state index in [0.29, 0.717) is 17.2 Å². The molecule has 0 aliphatic rings. The molecule has 0 unspecified atom stereocenters. The number of nitrogens with one attached hydrogen (secondary N) is 2. The summed E-state index contributed by atoms with van der Waals surface area (Å²) in [6, 6.07) is 24.2. The Kier molecular flexibility index (Phi) is 6.43. The monoisotopic (exact) mass is 427 g/mol. The Labute approximate surface area is 187 Å². The van der Waals surface area contributed by atoms with E-state index in [-0.39, 0.29) is 5.91 Å². The topological polar surface area (TPSA) is 54.0 Å². The van der Waals surface area contributed by atoms with Crippen molar-refractivity contribution >= 4 is 28.1 Å². The second kappa shape index (κ2) is 9.58. The molecular weight excluding hydrogens is 402 g/mol. The molecule has 2 N–H and O–H groups in total. The lowest BCUT2D eigenvalue weighted by molar-refractivity contribution is 0.102. The molecule has 0 saturated carbocycles. The van der Waals surface area contributed by atoms with Gasteiger partial charge in [0.1, 0.15) is 0 Å². The van der Waals surface area contributed by atoms with Crippen LogP contribution in [0.2, 0.25) is 0 Å². The van der Waals surface area contributed by atoms with Gasteiger partial charge in [0, 0.05) is 28.7 Å². The van der Waals surface area contributed by atoms with Gasteiger partial charge in [0.2, 0.25) is 0 Å². The standard InChI is InChI=1S/C26H25N3OS/c1-3-20-8-4-5-10-23(20)27-16-19-7-6-9-22(15-19)25(30)29-26-28-24(17-31-26)21-13-11-18(2)12-14-21/h4-15,17,27H,3,16H2,1-2H3,(H,28,29,30). The van der Waals surface area contributed by atoms with Crippen molar-refractivity contribution in [2.45, 2.75) is 26.8 Å². The molecule has 4 aromatic rings. The largest absolute Gasteiger partial charge is 0.381 e. The molecule has 0 radical (unpaired) electrons. The molecular formula is C26H25N3OS. The van der Waals surface area contributed by atoms with Crippen LogP contribution in [0.5, 0.6) is 0 Å². The first-order valence-electron chi connectivity index (χ1n) is 10.4. The molecule has 156 valence electrons. The zero-order valence-corrected chi connectivity index (χ0v) is 18.5. The van der Waals surface area contributed by atoms with Crippen LogP contribution < -0.4 is 10.6 Å². The van der Waals surface area contributed by atoms with Gasteiger partial charge in [-0.25, -0.2) is 4.98 Å². The lowest BCUT2D eigenvalue weighted by Crippen LogP contribution is -2.12. The van der Waals surface area contributed by atoms with Gasteiger partial charge in [0.05, 0.1) is 5.69 Å². The lowest BCUT2D eigenvalue weighted by atomic mass is 10.1. The van der Waals surface area contributed by atoms with Crippen molar-refractivity contribution in [2.24, 2.45) is 0 Å². The molecule has 0 atom stereocenters. The summed E-state index contributed by atoms with van der Waals surface area (Å²) < 4.78 is 0. The fraction of sp³-hybridized carbons (Fsp3) is 0.154. The summed E-state index contributed by atoms with van der Waals surface area (Å²) in [4.78, 5) is 17.3. The minimum atomic E-state index is -0.152. The molecule has 0 spiro atoms. The molecule has 3 aromatic carbocycles. The zero-order valence-electron chi connectivity index (χ0n) is 17.7. The van der Waals surface area contributed by atoms with Gasteiger partial charge >= 0.3 is 0 Å². The van der Waals surface area contributed by atoms with Crippen molar-refractivity contribution in [2.75, 3.05) is 10.6 Å². The van der Waals surface area contributed by atoms with Crippen LogP contribution in [0.15, 0.2) is 78.2 Å². The van der Waals surface area contributed by atoms with Crippen LogP contribution in [0.3, 0.4) is 0 Å². The summed E-state index contributed by atoms with van der Waals surface area (Å²) in [5.41, 5.74) is 7.21. The number of benzene rings is 3. The summed E-state index contributed by atoms with van der Waals surface area (Å²) in [7, 11) is 0. The zero-order chi connectivity index (χ0) is 21.6. The molecule has 0 aliphatic carbocycles. The first-order chi connectivity index (χ1) is 15.1. The summed E-state index contributed by atoms with van der Waals surface area (Å²) in [6.45, 7) is 4.87. The molecule has 5 heteroatoms. The highest BCUT2D eigenvalue weighted by atomic mass is 32.1. The molecule has 0 saturated heterocycles. The Morgan fingerprint density at radius 1 is 1.00 bits per heavy atom. The van der Waals surface area contributed by atoms with E-state index in [1.165, 1.54) is 22.5 Å². The van der Waals surface area contributed by atoms with Gasteiger partial charge in [0.15, 0.2) is 5.13 Å². The van der Waals surface area contributed by atoms with E-state index in [4.69, 9.17) is 0 Å². The Balaban J connectivity index is 1.42. The van der Waals surface area contributed by atoms with Gasteiger partial charge in [-0.2, -0.15) is 0 Å². The highest BCUT2D eigenvalue weighted by Gasteiger charge is 2.11. The second-order valence-electron chi connectivity index (χ2n) is 7.42. The molecule has 31 heavy (non-hydrogen) atoms. The van der Waals surface area contributed by atoms with Crippen LogP contribution in [0, 0.1) is 6.92 Å². The van der Waals surface area contributed by atoms with Crippen molar-refractivity contribution in [1.82, 2.24) is 4.98 Å². The number of aryl methyl sites for hydroxylation is 2. The number of hydrogen-bond donors (Lipinski definition) is 2. The molecule has 4 rings (SSSR count). The summed E-state index contributed by atoms with van der Waals surface area (Å²) in [5, 5.41) is 8.97. The van der Waals surface area contributed by atoms with E-state index in [2.05, 4.69) is 59.8 Å². The first kappa shape index (κ1) is 20.8. The normalized spacial score (nSPS) is 10.6. The average molecular weight is 428 g/mol. The molecule has 1 aromatic heterocycles. The number of thiazole rings is 1. The molecule has 0 aliphatic heterocycles. The summed E-state index contributed by atoms with van der Waals surface area (Å²) in [5.74, 6) is -0.152. The van der Waals surface area contributed by atoms with Crippen molar-refractivity contribution in [3.63, 3.8) is 0 Å². The number of aromatic nitrogens is 1. The highest BCUT2D eigenvalue weighted by molar-refractivity contribution is 7.14. The maximum atomic E-state index is 12.8. The fourth-order valence-corrected chi connectivity index (χ4v) is 4.09. The minimum Gasteiger partial charge on any atom is -0.381 e. The number of carbonyl (C=O) groups excluding carboxylic acids is 1. The van der Waals surface area contributed by atoms with E-state index < -0.39 is 0 Å². The van der Waals surface area contributed by atoms with Crippen LogP contribution in [0.25, 0.3) is 11.3 Å². The van der Waals surface area contributed by atoms with Gasteiger partial charge in [0.25, 0.3) is 5.91 Å². The third kappa shape index (κ3) is 5.19. The first-order valence-corrected chi connectivity index (χ1v) is 11.2.